The van der Waals surface area contributed by atoms with E-state index in [0.717, 1.165) is 47.1 Å². The van der Waals surface area contributed by atoms with Crippen molar-refractivity contribution in [2.24, 2.45) is 70.0 Å². The van der Waals surface area contributed by atoms with E-state index < -0.39 is 355 Å². The minimum Gasteiger partial charge on any atom is -0.493 e. The van der Waals surface area contributed by atoms with Gasteiger partial charge in [-0.1, -0.05) is 96.6 Å². The van der Waals surface area contributed by atoms with E-state index in [9.17, 15) is 33.4 Å². The second-order valence-electron chi connectivity index (χ2n) is 37.3. The first-order valence-corrected chi connectivity index (χ1v) is 46.0. The SMILES string of the molecule is [2H]C([2H])([2H])Oc1cc2c(cc1OC)C([2H])([2H])C([2H])([2H])N1C2CC(O)C(CC(C)C)C1([2H])[2H].[2H]C([2H])([2H])Oc1cc2c(cc1OC)C([2H])([2H])C([2H])([2H])N1CC([2H])(C([2H])([2H])C(C)(C([2H])([2H])[2H])C([2H])([2H])[2H])C([2H])(O)C([2H])([2H])C21[2H].[2H]C([2H])([2H])Oc1cc2c(cc1OC)C([2H])([2H])C([2H])([2H])N1CC([2H])(CC(C)C)C([2H])(O)C([2H])([2H])C21[2H].[2H]C1([2H])C(C([2H])([2H])C(C)(C([2H])([2H])[2H])C([2H])([2H])[2H])C(O)CC2c3cc(OC)c(OC)cc3C([2H])([2H])C([2H])([2H])N21.[2H]C1([2H])C(CC(C)C)C(O)CC2c3cc(OC)c(OC)cc3C([2H])([2H])C([2H])([2H])N21.[2H]C1([2H])C(CC(C)C)C(O)CC2c3cc(OC)c(OC)cc3C([2H])([2H])C([2H])([2H])N21. The van der Waals surface area contributed by atoms with Gasteiger partial charge in [0.2, 0.25) is 0 Å². The highest BCUT2D eigenvalue weighted by Gasteiger charge is 2.47. The van der Waals surface area contributed by atoms with Gasteiger partial charge in [0.25, 0.3) is 0 Å². The summed E-state index contributed by atoms with van der Waals surface area (Å²) in [6, 6.07) is 3.69. The number of aryl methyl sites for hydroxylation is 6. The third-order valence-electron chi connectivity index (χ3n) is 24.8. The zero-order chi connectivity index (χ0) is 160. The summed E-state index contributed by atoms with van der Waals surface area (Å²) in [5.41, 5.74) is -8.64. The van der Waals surface area contributed by atoms with Gasteiger partial charge in [0, 0.05) is 188 Å². The quantitative estimate of drug-likeness (QED) is 0.0369. The highest BCUT2D eigenvalue weighted by molar-refractivity contribution is 5.55. The number of fused-ring (bicyclic) bond motifs is 18. The number of piperidine rings is 6. The molecule has 0 saturated carbocycles. The van der Waals surface area contributed by atoms with E-state index in [1.807, 2.05) is 41.5 Å². The number of aliphatic hydroxyl groups excluding tert-OH is 4. The molecule has 0 amide bonds. The summed E-state index contributed by atoms with van der Waals surface area (Å²) in [4.78, 5) is 3.80. The molecule has 0 aliphatic carbocycles. The van der Waals surface area contributed by atoms with Gasteiger partial charge in [-0.05, 0) is 325 Å². The number of methoxy groups -OCH3 is 12. The van der Waals surface area contributed by atoms with E-state index in [1.165, 1.54) is 86.2 Å². The zero-order valence-electron chi connectivity index (χ0n) is 149. The van der Waals surface area contributed by atoms with Crippen molar-refractivity contribution in [1.29, 1.82) is 0 Å². The Labute approximate surface area is 934 Å². The van der Waals surface area contributed by atoms with E-state index >= 15 is 0 Å². The second-order valence-corrected chi connectivity index (χ2v) is 37.3. The molecule has 780 valence electrons. The maximum Gasteiger partial charge on any atom is 0.161 e. The lowest BCUT2D eigenvalue weighted by molar-refractivity contribution is -0.0259. The van der Waals surface area contributed by atoms with Crippen LogP contribution >= 0.6 is 0 Å². The predicted molar refractivity (Wildman–Crippen MR) is 556 cm³/mol. The van der Waals surface area contributed by atoms with Crippen LogP contribution in [0.5, 0.6) is 69.0 Å². The van der Waals surface area contributed by atoms with Crippen LogP contribution in [0.4, 0.5) is 0 Å². The molecule has 6 aromatic rings. The number of benzene rings is 6. The van der Waals surface area contributed by atoms with Gasteiger partial charge < -0.3 is 87.5 Å². The number of hydrogen-bond donors (Lipinski definition) is 6. The molecule has 12 heterocycles. The van der Waals surface area contributed by atoms with Crippen molar-refractivity contribution < 1.29 is 179 Å². The molecule has 18 atom stereocenters. The van der Waals surface area contributed by atoms with Gasteiger partial charge >= 0.3 is 0 Å². The summed E-state index contributed by atoms with van der Waals surface area (Å²) in [5.74, 6) is -12.1. The summed E-state index contributed by atoms with van der Waals surface area (Å²) in [6.07, 6.45) is -43.9. The molecular weight excluding hydrogens is 1770 g/mol. The van der Waals surface area contributed by atoms with Crippen LogP contribution in [-0.4, -0.2) is 260 Å². The average molecular weight is 2010 g/mol. The van der Waals surface area contributed by atoms with Gasteiger partial charge in [-0.2, -0.15) is 0 Å². The summed E-state index contributed by atoms with van der Waals surface area (Å²) in [5, 5.41) is 66.3. The maximum atomic E-state index is 11.5. The molecule has 6 saturated heterocycles. The Bertz CT molecular complexity index is 8090. The first-order chi connectivity index (χ1) is 92.5. The van der Waals surface area contributed by atoms with E-state index in [2.05, 4.69) is 0 Å². The lowest BCUT2D eigenvalue weighted by Crippen LogP contribution is -2.48. The van der Waals surface area contributed by atoms with Gasteiger partial charge in [0.15, 0.2) is 69.0 Å². The van der Waals surface area contributed by atoms with Crippen LogP contribution in [0.3, 0.4) is 0 Å². The number of rotatable bonds is 22. The Balaban J connectivity index is 0.000000200. The number of ether oxygens (including phenoxy) is 12. The average Bonchev–Trinajstić information content (AvgIpc) is 0.396. The van der Waals surface area contributed by atoms with Crippen molar-refractivity contribution in [1.82, 2.24) is 29.4 Å². The molecule has 6 N–H and O–H groups in total. The lowest BCUT2D eigenvalue weighted by Gasteiger charge is -2.47. The van der Waals surface area contributed by atoms with Crippen LogP contribution in [0.1, 0.15) is 368 Å². The summed E-state index contributed by atoms with van der Waals surface area (Å²) in [6.45, 7) is -29.4. The first-order valence-electron chi connectivity index (χ1n) is 79.5. The number of nitrogens with zero attached hydrogens (tertiary/aromatic N) is 6. The summed E-state index contributed by atoms with van der Waals surface area (Å²) < 4.78 is 625. The first kappa shape index (κ1) is 51.2. The smallest absolute Gasteiger partial charge is 0.161 e. The molecule has 0 spiro atoms. The van der Waals surface area contributed by atoms with E-state index in [1.54, 1.807) is 26.0 Å². The molecule has 24 nitrogen and oxygen atoms in total. The molecule has 18 rings (SSSR count). The van der Waals surface area contributed by atoms with Gasteiger partial charge in [-0.15, -0.1) is 0 Å². The number of aliphatic hydroxyl groups is 6. The van der Waals surface area contributed by atoms with Gasteiger partial charge in [0.05, 0.1) is 139 Å². The van der Waals surface area contributed by atoms with Crippen LogP contribution in [0.15, 0.2) is 72.8 Å². The van der Waals surface area contributed by atoms with E-state index in [0.29, 0.717) is 71.6 Å². The Morgan fingerprint density at radius 1 is 0.314 bits per heavy atom. The molecule has 12 aliphatic heterocycles. The highest BCUT2D eigenvalue weighted by Crippen LogP contribution is 2.53. The molecule has 12 aliphatic rings. The normalized spacial score (nSPS) is 45.0. The fourth-order valence-corrected chi connectivity index (χ4v) is 18.3. The summed E-state index contributed by atoms with van der Waals surface area (Å²) in [7, 11) is 2.79. The maximum absolute atomic E-state index is 11.5. The van der Waals surface area contributed by atoms with Crippen LogP contribution in [0.2, 0.25) is 0 Å². The predicted octanol–water partition coefficient (Wildman–Crippen LogP) is 19.0. The van der Waals surface area contributed by atoms with Gasteiger partial charge in [0.1, 0.15) is 0 Å². The van der Waals surface area contributed by atoms with Crippen molar-refractivity contribution in [2.75, 3.05) is 163 Å². The standard InChI is InChI=1S/2C20H31NO3.4C19H29NO3/c2*1-20(2,3)11-14-12-21-7-6-13-8-18(23-4)19(24-5)9-15(13)16(21)10-17(14)22;4*1-12(2)7-14-11-20-6-5-13-8-18(22-3)19(23-4)9-15(13)16(20)10-17(14)21/h2*8-9,14,16-17,22H,6-7,10-12H2,1-5H3;4*8-9,12,14,16-17,21H,5-7,10-11H2,1-4H3/i1D3,2D3,5D3,6D2,7D2,10D2,11D2,14D,16D,17D;1D3,2D3,6D2,7D2,11D2,12D2;4D3,5D2,6D2,10D2,14D,16D,17D;4D3,5D2,6D2,11D2;2*5D2,6D2,11D2. The fourth-order valence-electron chi connectivity index (χ4n) is 18.3. The lowest BCUT2D eigenvalue weighted by atomic mass is 9.75. The third-order valence-corrected chi connectivity index (χ3v) is 24.8. The Kier molecular flexibility index (Phi) is 17.8. The minimum atomic E-state index is -4.26. The van der Waals surface area contributed by atoms with Crippen molar-refractivity contribution in [3.63, 3.8) is 0 Å². The summed E-state index contributed by atoms with van der Waals surface area (Å²) >= 11 is 0. The fraction of sp³-hybridized carbons (Fsp3) is 0.690. The molecule has 24 heteroatoms. The molecule has 0 bridgehead atoms. The second kappa shape index (κ2) is 48.6. The topological polar surface area (TPSA) is 252 Å². The molecule has 6 fully saturated rings. The monoisotopic (exact) mass is 2010 g/mol. The molecule has 0 radical (unpaired) electrons. The van der Waals surface area contributed by atoms with Crippen molar-refractivity contribution in [2.45, 2.75) is 285 Å². The molecule has 18 unspecified atom stereocenters. The van der Waals surface area contributed by atoms with Gasteiger partial charge in [-0.25, -0.2) is 0 Å². The van der Waals surface area contributed by atoms with Crippen LogP contribution < -0.4 is 56.8 Å². The Hall–Kier alpha value is -7.56. The Morgan fingerprint density at radius 3 is 0.814 bits per heavy atom. The van der Waals surface area contributed by atoms with Crippen LogP contribution in [-0.2, 0) is 38.2 Å². The largest absolute Gasteiger partial charge is 0.493 e. The van der Waals surface area contributed by atoms with E-state index in [-0.39, 0.29) is 128 Å². The molecular formula is C116H178N6O18. The molecule has 6 aromatic carbocycles. The molecule has 140 heavy (non-hydrogen) atoms. The Morgan fingerprint density at radius 2 is 0.543 bits per heavy atom. The van der Waals surface area contributed by atoms with E-state index in [4.69, 9.17) is 146 Å². The minimum absolute atomic E-state index is 0.0266. The number of hydrogen-bond acceptors (Lipinski definition) is 24. The van der Waals surface area contributed by atoms with Crippen molar-refractivity contribution >= 4 is 0 Å². The molecule has 0 aromatic heterocycles. The van der Waals surface area contributed by atoms with Crippen molar-refractivity contribution in [3.8, 4) is 69.0 Å². The van der Waals surface area contributed by atoms with Gasteiger partial charge in [-0.3, -0.25) is 29.4 Å². The third kappa shape index (κ3) is 26.3. The van der Waals surface area contributed by atoms with Crippen LogP contribution in [0, 0.1) is 70.0 Å². The zero-order valence-corrected chi connectivity index (χ0v) is 82.0. The van der Waals surface area contributed by atoms with Crippen molar-refractivity contribution in [3.05, 3.63) is 140 Å². The van der Waals surface area contributed by atoms with Crippen LogP contribution in [0.25, 0.3) is 0 Å². The highest BCUT2D eigenvalue weighted by atomic mass is 16.5.